The molecule has 2 rings (SSSR count). The molecule has 18 heavy (non-hydrogen) atoms. The van der Waals surface area contributed by atoms with Gasteiger partial charge < -0.3 is 19.3 Å². The molecule has 5 heteroatoms. The SMILES string of the molecule is O=C(O)C1CCCC(COCC2CCCCO2)O1. The molecule has 0 radical (unpaired) electrons. The van der Waals surface area contributed by atoms with Crippen molar-refractivity contribution in [3.05, 3.63) is 0 Å². The lowest BCUT2D eigenvalue weighted by molar-refractivity contribution is -0.163. The lowest BCUT2D eigenvalue weighted by atomic mass is 10.0. The molecule has 1 N–H and O–H groups in total. The second-order valence-electron chi connectivity index (χ2n) is 5.04. The third kappa shape index (κ3) is 4.23. The first-order valence-electron chi connectivity index (χ1n) is 6.83. The Morgan fingerprint density at radius 3 is 2.61 bits per heavy atom. The van der Waals surface area contributed by atoms with Crippen molar-refractivity contribution in [3.63, 3.8) is 0 Å². The van der Waals surface area contributed by atoms with Gasteiger partial charge in [-0.3, -0.25) is 0 Å². The lowest BCUT2D eigenvalue weighted by Gasteiger charge is -2.28. The molecule has 0 bridgehead atoms. The van der Waals surface area contributed by atoms with Crippen LogP contribution in [0.4, 0.5) is 0 Å². The molecule has 2 aliphatic rings. The Hall–Kier alpha value is -0.650. The first-order chi connectivity index (χ1) is 8.75. The van der Waals surface area contributed by atoms with Crippen LogP contribution in [-0.2, 0) is 19.0 Å². The van der Waals surface area contributed by atoms with Gasteiger partial charge in [0.1, 0.15) is 0 Å². The number of hydrogen-bond donors (Lipinski definition) is 1. The summed E-state index contributed by atoms with van der Waals surface area (Å²) in [5, 5.41) is 8.90. The zero-order valence-electron chi connectivity index (χ0n) is 10.7. The molecule has 0 amide bonds. The standard InChI is InChI=1S/C13H22O5/c14-13(15)12-6-3-5-11(18-12)9-16-8-10-4-1-2-7-17-10/h10-12H,1-9H2,(H,14,15). The lowest BCUT2D eigenvalue weighted by Crippen LogP contribution is -2.36. The molecular weight excluding hydrogens is 236 g/mol. The highest BCUT2D eigenvalue weighted by Crippen LogP contribution is 2.20. The minimum atomic E-state index is -0.865. The number of ether oxygens (including phenoxy) is 3. The van der Waals surface area contributed by atoms with E-state index >= 15 is 0 Å². The van der Waals surface area contributed by atoms with Crippen LogP contribution in [0.25, 0.3) is 0 Å². The fourth-order valence-corrected chi connectivity index (χ4v) is 2.47. The van der Waals surface area contributed by atoms with E-state index in [4.69, 9.17) is 19.3 Å². The normalized spacial score (nSPS) is 33.2. The van der Waals surface area contributed by atoms with Crippen LogP contribution in [-0.4, -0.2) is 49.2 Å². The quantitative estimate of drug-likeness (QED) is 0.811. The summed E-state index contributed by atoms with van der Waals surface area (Å²) in [6.07, 6.45) is 5.26. The molecule has 3 unspecified atom stereocenters. The number of carboxylic acids is 1. The van der Waals surface area contributed by atoms with Crippen molar-refractivity contribution in [3.8, 4) is 0 Å². The van der Waals surface area contributed by atoms with Crippen LogP contribution >= 0.6 is 0 Å². The third-order valence-corrected chi connectivity index (χ3v) is 3.51. The van der Waals surface area contributed by atoms with E-state index in [1.807, 2.05) is 0 Å². The molecule has 0 aromatic carbocycles. The first-order valence-corrected chi connectivity index (χ1v) is 6.83. The van der Waals surface area contributed by atoms with Crippen LogP contribution in [0.15, 0.2) is 0 Å². The minimum Gasteiger partial charge on any atom is -0.479 e. The summed E-state index contributed by atoms with van der Waals surface area (Å²) >= 11 is 0. The summed E-state index contributed by atoms with van der Waals surface area (Å²) in [6, 6.07) is 0. The number of carbonyl (C=O) groups is 1. The smallest absolute Gasteiger partial charge is 0.332 e. The van der Waals surface area contributed by atoms with Crippen LogP contribution in [0.5, 0.6) is 0 Å². The fourth-order valence-electron chi connectivity index (χ4n) is 2.47. The van der Waals surface area contributed by atoms with Crippen LogP contribution < -0.4 is 0 Å². The van der Waals surface area contributed by atoms with Gasteiger partial charge in [-0.25, -0.2) is 4.79 Å². The molecule has 0 aromatic heterocycles. The van der Waals surface area contributed by atoms with Gasteiger partial charge in [0.05, 0.1) is 25.4 Å². The van der Waals surface area contributed by atoms with Gasteiger partial charge in [-0.05, 0) is 38.5 Å². The van der Waals surface area contributed by atoms with E-state index in [1.54, 1.807) is 0 Å². The van der Waals surface area contributed by atoms with E-state index in [0.717, 1.165) is 32.3 Å². The molecule has 0 saturated carbocycles. The van der Waals surface area contributed by atoms with Crippen LogP contribution in [0.1, 0.15) is 38.5 Å². The molecule has 2 saturated heterocycles. The molecule has 2 fully saturated rings. The average molecular weight is 258 g/mol. The second kappa shape index (κ2) is 7.07. The Bertz CT molecular complexity index is 262. The van der Waals surface area contributed by atoms with Crippen molar-refractivity contribution >= 4 is 5.97 Å². The highest BCUT2D eigenvalue weighted by Gasteiger charge is 2.27. The van der Waals surface area contributed by atoms with Crippen molar-refractivity contribution in [1.82, 2.24) is 0 Å². The highest BCUT2D eigenvalue weighted by molar-refractivity contribution is 5.72. The van der Waals surface area contributed by atoms with Gasteiger partial charge in [-0.1, -0.05) is 0 Å². The number of carboxylic acid groups (broad SMARTS) is 1. The molecule has 5 nitrogen and oxygen atoms in total. The Labute approximate surface area is 107 Å². The molecule has 2 aliphatic heterocycles. The summed E-state index contributed by atoms with van der Waals surface area (Å²) in [5.74, 6) is -0.865. The van der Waals surface area contributed by atoms with Crippen molar-refractivity contribution in [1.29, 1.82) is 0 Å². The van der Waals surface area contributed by atoms with Gasteiger partial charge in [-0.2, -0.15) is 0 Å². The van der Waals surface area contributed by atoms with E-state index in [1.165, 1.54) is 6.42 Å². The molecule has 104 valence electrons. The molecule has 0 aliphatic carbocycles. The number of rotatable bonds is 5. The summed E-state index contributed by atoms with van der Waals surface area (Å²) < 4.78 is 16.6. The molecular formula is C13H22O5. The minimum absolute atomic E-state index is 0.0801. The summed E-state index contributed by atoms with van der Waals surface area (Å²) in [5.41, 5.74) is 0. The predicted octanol–water partition coefficient (Wildman–Crippen LogP) is 1.59. The van der Waals surface area contributed by atoms with E-state index in [2.05, 4.69) is 0 Å². The summed E-state index contributed by atoms with van der Waals surface area (Å²) in [7, 11) is 0. The predicted molar refractivity (Wildman–Crippen MR) is 64.6 cm³/mol. The Kier molecular flexibility index (Phi) is 5.41. The number of aliphatic carboxylic acids is 1. The summed E-state index contributed by atoms with van der Waals surface area (Å²) in [6.45, 7) is 1.90. The average Bonchev–Trinajstić information content (AvgIpc) is 2.40. The second-order valence-corrected chi connectivity index (χ2v) is 5.04. The van der Waals surface area contributed by atoms with E-state index < -0.39 is 12.1 Å². The Morgan fingerprint density at radius 2 is 1.89 bits per heavy atom. The van der Waals surface area contributed by atoms with E-state index in [0.29, 0.717) is 19.6 Å². The topological polar surface area (TPSA) is 65.0 Å². The van der Waals surface area contributed by atoms with E-state index in [-0.39, 0.29) is 12.2 Å². The van der Waals surface area contributed by atoms with Crippen molar-refractivity contribution in [2.45, 2.75) is 56.8 Å². The Morgan fingerprint density at radius 1 is 1.11 bits per heavy atom. The maximum atomic E-state index is 10.8. The van der Waals surface area contributed by atoms with Gasteiger partial charge in [0, 0.05) is 6.61 Å². The summed E-state index contributed by atoms with van der Waals surface area (Å²) in [4.78, 5) is 10.8. The molecule has 0 spiro atoms. The maximum absolute atomic E-state index is 10.8. The molecule has 0 aromatic rings. The van der Waals surface area contributed by atoms with Crippen molar-refractivity contribution < 1.29 is 24.1 Å². The van der Waals surface area contributed by atoms with Gasteiger partial charge in [0.2, 0.25) is 0 Å². The molecule has 2 heterocycles. The zero-order valence-corrected chi connectivity index (χ0v) is 10.7. The largest absolute Gasteiger partial charge is 0.479 e. The van der Waals surface area contributed by atoms with Gasteiger partial charge >= 0.3 is 5.97 Å². The zero-order chi connectivity index (χ0) is 12.8. The van der Waals surface area contributed by atoms with Crippen LogP contribution in [0.2, 0.25) is 0 Å². The number of hydrogen-bond acceptors (Lipinski definition) is 4. The van der Waals surface area contributed by atoms with Crippen molar-refractivity contribution in [2.24, 2.45) is 0 Å². The fraction of sp³-hybridized carbons (Fsp3) is 0.923. The maximum Gasteiger partial charge on any atom is 0.332 e. The monoisotopic (exact) mass is 258 g/mol. The third-order valence-electron chi connectivity index (χ3n) is 3.51. The molecule has 3 atom stereocenters. The van der Waals surface area contributed by atoms with Crippen LogP contribution in [0.3, 0.4) is 0 Å². The van der Waals surface area contributed by atoms with Gasteiger partial charge in [-0.15, -0.1) is 0 Å². The Balaban J connectivity index is 1.62. The van der Waals surface area contributed by atoms with Crippen LogP contribution in [0, 0.1) is 0 Å². The highest BCUT2D eigenvalue weighted by atomic mass is 16.6. The van der Waals surface area contributed by atoms with Gasteiger partial charge in [0.25, 0.3) is 0 Å². The van der Waals surface area contributed by atoms with Gasteiger partial charge in [0.15, 0.2) is 6.10 Å². The first kappa shape index (κ1) is 13.8. The van der Waals surface area contributed by atoms with E-state index in [9.17, 15) is 4.79 Å². The van der Waals surface area contributed by atoms with Crippen molar-refractivity contribution in [2.75, 3.05) is 19.8 Å².